The monoisotopic (exact) mass is 654 g/mol. The number of hydrogen-bond donors (Lipinski definition) is 0. The maximum atomic E-state index is 15.3. The number of amides is 2. The largest absolute Gasteiger partial charge is 0.497 e. The Hall–Kier alpha value is -3.64. The van der Waals surface area contributed by atoms with Crippen LogP contribution < -0.4 is 13.8 Å². The summed E-state index contributed by atoms with van der Waals surface area (Å²) >= 11 is 6.60. The molecule has 12 heteroatoms. The number of halogens is 1. The summed E-state index contributed by atoms with van der Waals surface area (Å²) in [7, 11) is 3.93. The number of ether oxygens (including phenoxy) is 2. The first-order valence-electron chi connectivity index (χ1n) is 14.8. The Kier molecular flexibility index (Phi) is 9.19. The lowest BCUT2D eigenvalue weighted by atomic mass is 9.80. The minimum atomic E-state index is -4.43. The highest BCUT2D eigenvalue weighted by atomic mass is 35.5. The van der Waals surface area contributed by atoms with E-state index in [2.05, 4.69) is 11.8 Å². The van der Waals surface area contributed by atoms with Crippen LogP contribution in [0.3, 0.4) is 0 Å². The van der Waals surface area contributed by atoms with Crippen LogP contribution in [0.1, 0.15) is 36.5 Å². The van der Waals surface area contributed by atoms with Crippen LogP contribution in [0, 0.1) is 0 Å². The fraction of sp³-hybridized carbons (Fsp3) is 0.394. The Bertz CT molecular complexity index is 1710. The van der Waals surface area contributed by atoms with Crippen molar-refractivity contribution in [2.75, 3.05) is 52.8 Å². The van der Waals surface area contributed by atoms with Gasteiger partial charge >= 0.3 is 0 Å². The van der Waals surface area contributed by atoms with Crippen LogP contribution in [0.4, 0.5) is 5.69 Å². The van der Waals surface area contributed by atoms with E-state index in [9.17, 15) is 13.2 Å². The molecule has 0 aliphatic carbocycles. The smallest absolute Gasteiger partial charge is 0.271 e. The van der Waals surface area contributed by atoms with Crippen LogP contribution in [0.25, 0.3) is 0 Å². The number of likely N-dealkylation sites (tertiary alicyclic amines) is 1. The van der Waals surface area contributed by atoms with Gasteiger partial charge in [0.15, 0.2) is 5.54 Å². The lowest BCUT2D eigenvalue weighted by Gasteiger charge is -2.42. The van der Waals surface area contributed by atoms with E-state index in [1.54, 1.807) is 32.3 Å². The molecule has 0 radical (unpaired) electrons. The number of benzene rings is 3. The van der Waals surface area contributed by atoms with Gasteiger partial charge in [0, 0.05) is 43.3 Å². The summed E-state index contributed by atoms with van der Waals surface area (Å²) in [4.78, 5) is 34.3. The number of carbonyl (C=O) groups is 2. The van der Waals surface area contributed by atoms with E-state index in [0.29, 0.717) is 53.6 Å². The van der Waals surface area contributed by atoms with Crippen LogP contribution in [0.5, 0.6) is 11.5 Å². The van der Waals surface area contributed by atoms with E-state index in [0.717, 1.165) is 16.4 Å². The van der Waals surface area contributed by atoms with Crippen molar-refractivity contribution < 1.29 is 27.5 Å². The second kappa shape index (κ2) is 12.6. The first-order valence-corrected chi connectivity index (χ1v) is 16.6. The molecule has 0 saturated carbocycles. The van der Waals surface area contributed by atoms with Crippen molar-refractivity contribution in [3.63, 3.8) is 0 Å². The summed E-state index contributed by atoms with van der Waals surface area (Å²) in [5.41, 5.74) is 0.184. The lowest BCUT2D eigenvalue weighted by molar-refractivity contribution is -0.138. The van der Waals surface area contributed by atoms with E-state index in [1.165, 1.54) is 43.4 Å². The maximum Gasteiger partial charge on any atom is 0.271 e. The Morgan fingerprint density at radius 3 is 2.33 bits per heavy atom. The normalized spacial score (nSPS) is 20.0. The summed E-state index contributed by atoms with van der Waals surface area (Å²) in [6, 6.07) is 15.5. The molecule has 45 heavy (non-hydrogen) atoms. The van der Waals surface area contributed by atoms with Crippen LogP contribution >= 0.6 is 11.6 Å². The highest BCUT2D eigenvalue weighted by Gasteiger charge is 2.63. The van der Waals surface area contributed by atoms with Crippen LogP contribution in [-0.4, -0.2) is 89.4 Å². The molecule has 1 fully saturated rings. The minimum absolute atomic E-state index is 0.0828. The molecule has 2 aliphatic heterocycles. The molecule has 0 bridgehead atoms. The molecule has 1 saturated heterocycles. The molecule has 3 aromatic carbocycles. The molecular formula is C33H39ClN4O6S. The van der Waals surface area contributed by atoms with Gasteiger partial charge < -0.3 is 19.3 Å². The Labute approximate surface area is 270 Å². The predicted octanol–water partition coefficient (Wildman–Crippen LogP) is 4.34. The van der Waals surface area contributed by atoms with Crippen molar-refractivity contribution in [1.82, 2.24) is 14.7 Å². The molecule has 10 nitrogen and oxygen atoms in total. The zero-order valence-electron chi connectivity index (χ0n) is 26.4. The zero-order chi connectivity index (χ0) is 32.7. The number of hydrogen-bond acceptors (Lipinski definition) is 8. The highest BCUT2D eigenvalue weighted by Crippen LogP contribution is 2.55. The SMILES string of the molecule is CCN(C)Cc1ccc([C@]2(N3CCCC3C(=O)N(C)C)C(=O)N(S(=O)(=O)c3ccc(OC)cc3)c3ccc(Cl)cc32)c(OC)c1. The van der Waals surface area contributed by atoms with Gasteiger partial charge in [-0.05, 0) is 80.5 Å². The predicted molar refractivity (Wildman–Crippen MR) is 173 cm³/mol. The molecule has 240 valence electrons. The Balaban J connectivity index is 1.82. The second-order valence-corrected chi connectivity index (χ2v) is 13.8. The fourth-order valence-electron chi connectivity index (χ4n) is 6.41. The summed E-state index contributed by atoms with van der Waals surface area (Å²) in [6.45, 7) is 3.89. The van der Waals surface area contributed by atoms with Crippen molar-refractivity contribution in [2.45, 2.75) is 42.8 Å². The van der Waals surface area contributed by atoms with Gasteiger partial charge in [0.25, 0.3) is 15.9 Å². The second-order valence-electron chi connectivity index (χ2n) is 11.6. The van der Waals surface area contributed by atoms with Crippen molar-refractivity contribution in [3.8, 4) is 11.5 Å². The van der Waals surface area contributed by atoms with Crippen LogP contribution in [0.2, 0.25) is 5.02 Å². The molecule has 2 atom stereocenters. The lowest BCUT2D eigenvalue weighted by Crippen LogP contribution is -2.59. The molecule has 2 amide bonds. The summed E-state index contributed by atoms with van der Waals surface area (Å²) in [5, 5.41) is 0.324. The van der Waals surface area contributed by atoms with Gasteiger partial charge in [0.05, 0.1) is 30.8 Å². The number of nitrogens with zero attached hydrogens (tertiary/aromatic N) is 4. The quantitative estimate of drug-likeness (QED) is 0.319. The van der Waals surface area contributed by atoms with Crippen LogP contribution in [-0.2, 0) is 31.7 Å². The Morgan fingerprint density at radius 2 is 1.71 bits per heavy atom. The summed E-state index contributed by atoms with van der Waals surface area (Å²) in [5.74, 6) is -0.0301. The summed E-state index contributed by atoms with van der Waals surface area (Å²) < 4.78 is 40.9. The molecule has 0 spiro atoms. The average molecular weight is 655 g/mol. The van der Waals surface area contributed by atoms with E-state index < -0.39 is 27.5 Å². The van der Waals surface area contributed by atoms with Gasteiger partial charge in [-0.15, -0.1) is 0 Å². The third-order valence-electron chi connectivity index (χ3n) is 8.72. The van der Waals surface area contributed by atoms with Gasteiger partial charge in [-0.1, -0.05) is 30.7 Å². The molecule has 3 aromatic rings. The van der Waals surface area contributed by atoms with Crippen molar-refractivity contribution >= 4 is 39.1 Å². The number of anilines is 1. The first kappa shape index (κ1) is 32.7. The number of methoxy groups -OCH3 is 2. The van der Waals surface area contributed by atoms with E-state index in [4.69, 9.17) is 21.1 Å². The summed E-state index contributed by atoms with van der Waals surface area (Å²) in [6.07, 6.45) is 1.12. The van der Waals surface area contributed by atoms with E-state index in [-0.39, 0.29) is 16.5 Å². The number of rotatable bonds is 10. The first-order chi connectivity index (χ1) is 21.4. The Morgan fingerprint density at radius 1 is 1.00 bits per heavy atom. The maximum absolute atomic E-state index is 15.3. The van der Waals surface area contributed by atoms with Gasteiger partial charge in [0.1, 0.15) is 11.5 Å². The molecule has 2 aliphatic rings. The van der Waals surface area contributed by atoms with Gasteiger partial charge in [-0.2, -0.15) is 0 Å². The number of fused-ring (bicyclic) bond motifs is 1. The van der Waals surface area contributed by atoms with Gasteiger partial charge in [0.2, 0.25) is 5.91 Å². The molecule has 1 unspecified atom stereocenters. The van der Waals surface area contributed by atoms with Crippen molar-refractivity contribution in [2.24, 2.45) is 0 Å². The number of sulfonamides is 1. The molecule has 5 rings (SSSR count). The third-order valence-corrected chi connectivity index (χ3v) is 10.7. The van der Waals surface area contributed by atoms with Gasteiger partial charge in [-0.25, -0.2) is 12.7 Å². The van der Waals surface area contributed by atoms with E-state index in [1.807, 2.05) is 30.1 Å². The molecular weight excluding hydrogens is 616 g/mol. The zero-order valence-corrected chi connectivity index (χ0v) is 28.0. The standard InChI is InChI=1S/C33H39ClN4O6S/c1-7-36(4)21-22-10-16-26(30(19-22)44-6)33(37-18-8-9-29(37)31(39)35(2)3)27-20-23(34)11-17-28(27)38(32(33)40)45(41,42)25-14-12-24(43-5)13-15-25/h10-17,19-20,29H,7-9,18,21H2,1-6H3/t29?,33-/m1/s1. The number of likely N-dealkylation sites (N-methyl/N-ethyl adjacent to an activating group) is 1. The van der Waals surface area contributed by atoms with Gasteiger partial charge in [-0.3, -0.25) is 14.5 Å². The minimum Gasteiger partial charge on any atom is -0.497 e. The van der Waals surface area contributed by atoms with Crippen LogP contribution in [0.15, 0.2) is 65.6 Å². The fourth-order valence-corrected chi connectivity index (χ4v) is 8.04. The average Bonchev–Trinajstić information content (AvgIpc) is 3.61. The van der Waals surface area contributed by atoms with Crippen molar-refractivity contribution in [3.05, 3.63) is 82.4 Å². The van der Waals surface area contributed by atoms with Crippen molar-refractivity contribution in [1.29, 1.82) is 0 Å². The highest BCUT2D eigenvalue weighted by molar-refractivity contribution is 7.93. The molecule has 2 heterocycles. The topological polar surface area (TPSA) is 99.7 Å². The third kappa shape index (κ3) is 5.45. The van der Waals surface area contributed by atoms with E-state index >= 15 is 4.79 Å². The molecule has 0 N–H and O–H groups in total. The molecule has 0 aromatic heterocycles. The number of carbonyl (C=O) groups excluding carboxylic acids is 2.